The minimum atomic E-state index is -2.77. The predicted octanol–water partition coefficient (Wildman–Crippen LogP) is 5.98. The number of carbonyl (C=O) groups excluding carboxylic acids is 2. The lowest BCUT2D eigenvalue weighted by atomic mass is 9.89. The van der Waals surface area contributed by atoms with Gasteiger partial charge in [0.2, 0.25) is 17.8 Å². The number of anilines is 5. The summed E-state index contributed by atoms with van der Waals surface area (Å²) in [6, 6.07) is 15.2. The first-order valence-electron chi connectivity index (χ1n) is 19.3. The van der Waals surface area contributed by atoms with Crippen LogP contribution in [0.4, 0.5) is 33.2 Å². The van der Waals surface area contributed by atoms with Crippen LogP contribution in [0, 0.1) is 5.82 Å². The van der Waals surface area contributed by atoms with Crippen molar-refractivity contribution in [2.45, 2.75) is 44.1 Å². The molecule has 1 atom stereocenters. The zero-order chi connectivity index (χ0) is 40.8. The van der Waals surface area contributed by atoms with Gasteiger partial charge in [-0.25, -0.2) is 9.37 Å². The van der Waals surface area contributed by atoms with Gasteiger partial charge in [0.05, 0.1) is 39.7 Å². The molecule has 0 radical (unpaired) electrons. The van der Waals surface area contributed by atoms with E-state index < -0.39 is 24.8 Å². The number of fused-ring (bicyclic) bond motifs is 1. The van der Waals surface area contributed by atoms with E-state index >= 15 is 0 Å². The molecule has 58 heavy (non-hydrogen) atoms. The smallest absolute Gasteiger partial charge is 0.234 e. The second-order valence-electron chi connectivity index (χ2n) is 14.8. The normalized spacial score (nSPS) is 16.4. The summed E-state index contributed by atoms with van der Waals surface area (Å²) in [6.45, 7) is 7.55. The number of imide groups is 1. The highest BCUT2D eigenvalue weighted by atomic mass is 79.9. The van der Waals surface area contributed by atoms with Crippen LogP contribution in [0.2, 0.25) is 0 Å². The Kier molecular flexibility index (Phi) is 13.0. The molecule has 2 saturated heterocycles. The van der Waals surface area contributed by atoms with E-state index in [1.807, 2.05) is 30.3 Å². The van der Waals surface area contributed by atoms with Gasteiger partial charge in [-0.1, -0.05) is 12.1 Å². The zero-order valence-corrected chi connectivity index (χ0v) is 35.1. The quantitative estimate of drug-likeness (QED) is 0.0473. The highest BCUT2D eigenvalue weighted by Crippen LogP contribution is 2.41. The summed E-state index contributed by atoms with van der Waals surface area (Å²) in [5.41, 5.74) is 4.88. The van der Waals surface area contributed by atoms with Crippen LogP contribution < -0.4 is 41.5 Å². The van der Waals surface area contributed by atoms with E-state index in [2.05, 4.69) is 68.4 Å². The maximum atomic E-state index is 14.8. The SMILES string of the molecule is COc1cc(N2CCC(NCCNCCc3ccc(C4CCC(=O)NC4=O)c(F)c3)CC2)ccc1Nc1ncc(Br)c(Nc2ccc3nccnc3c2P(C)(C)=O)n1. The van der Waals surface area contributed by atoms with Crippen LogP contribution >= 0.6 is 23.1 Å². The van der Waals surface area contributed by atoms with E-state index in [4.69, 9.17) is 9.72 Å². The fraction of sp³-hybridized carbons (Fsp3) is 0.366. The Morgan fingerprint density at radius 3 is 2.50 bits per heavy atom. The Labute approximate surface area is 345 Å². The average molecular weight is 874 g/mol. The number of ether oxygens (including phenoxy) is 1. The predicted molar refractivity (Wildman–Crippen MR) is 229 cm³/mol. The van der Waals surface area contributed by atoms with Crippen molar-refractivity contribution in [3.05, 3.63) is 88.5 Å². The molecule has 0 saturated carbocycles. The maximum Gasteiger partial charge on any atom is 0.234 e. The van der Waals surface area contributed by atoms with Gasteiger partial charge in [-0.3, -0.25) is 24.9 Å². The highest BCUT2D eigenvalue weighted by Gasteiger charge is 2.30. The molecular formula is C41H47BrFN10O4P. The molecule has 0 bridgehead atoms. The van der Waals surface area contributed by atoms with Gasteiger partial charge in [0.25, 0.3) is 0 Å². The number of aromatic nitrogens is 4. The number of hydrogen-bond donors (Lipinski definition) is 5. The Morgan fingerprint density at radius 1 is 0.948 bits per heavy atom. The summed E-state index contributed by atoms with van der Waals surface area (Å²) < 4.78 is 34.7. The van der Waals surface area contributed by atoms with Crippen molar-refractivity contribution in [1.82, 2.24) is 35.9 Å². The third-order valence-corrected chi connectivity index (χ3v) is 12.6. The molecule has 5 aromatic rings. The lowest BCUT2D eigenvalue weighted by Crippen LogP contribution is -2.44. The summed E-state index contributed by atoms with van der Waals surface area (Å²) in [5, 5.41) is 16.6. The molecule has 304 valence electrons. The number of hydrogen-bond acceptors (Lipinski definition) is 13. The monoisotopic (exact) mass is 872 g/mol. The second kappa shape index (κ2) is 18.3. The molecule has 1 unspecified atom stereocenters. The van der Waals surface area contributed by atoms with Crippen LogP contribution in [0.15, 0.2) is 71.6 Å². The van der Waals surface area contributed by atoms with E-state index in [1.54, 1.807) is 45.1 Å². The van der Waals surface area contributed by atoms with Crippen LogP contribution in [0.25, 0.3) is 11.0 Å². The van der Waals surface area contributed by atoms with Gasteiger partial charge in [0.15, 0.2) is 0 Å². The van der Waals surface area contributed by atoms with E-state index in [9.17, 15) is 18.5 Å². The van der Waals surface area contributed by atoms with Crippen molar-refractivity contribution in [1.29, 1.82) is 0 Å². The van der Waals surface area contributed by atoms with E-state index in [0.29, 0.717) is 80.7 Å². The van der Waals surface area contributed by atoms with Crippen molar-refractivity contribution < 1.29 is 23.3 Å². The first-order valence-corrected chi connectivity index (χ1v) is 22.7. The van der Waals surface area contributed by atoms with Gasteiger partial charge in [0, 0.05) is 74.5 Å². The summed E-state index contributed by atoms with van der Waals surface area (Å²) in [5.74, 6) is -0.259. The van der Waals surface area contributed by atoms with E-state index in [0.717, 1.165) is 50.3 Å². The molecule has 17 heteroatoms. The average Bonchev–Trinajstić information content (AvgIpc) is 3.20. The molecule has 7 rings (SSSR count). The Hall–Kier alpha value is -5.02. The van der Waals surface area contributed by atoms with Crippen LogP contribution in [0.5, 0.6) is 5.75 Å². The second-order valence-corrected chi connectivity index (χ2v) is 18.8. The zero-order valence-electron chi connectivity index (χ0n) is 32.6. The third-order valence-electron chi connectivity index (χ3n) is 10.4. The van der Waals surface area contributed by atoms with E-state index in [1.165, 1.54) is 6.07 Å². The molecule has 2 aliphatic rings. The Bertz CT molecular complexity index is 2360. The topological polar surface area (TPSA) is 175 Å². The van der Waals surface area contributed by atoms with Crippen LogP contribution in [0.3, 0.4) is 0 Å². The van der Waals surface area contributed by atoms with Gasteiger partial charge in [0.1, 0.15) is 30.0 Å². The molecule has 2 aromatic heterocycles. The molecule has 2 amide bonds. The number of piperidine rings is 2. The summed E-state index contributed by atoms with van der Waals surface area (Å²) >= 11 is 3.56. The van der Waals surface area contributed by atoms with Crippen LogP contribution in [0.1, 0.15) is 42.7 Å². The molecular weight excluding hydrogens is 826 g/mol. The Balaban J connectivity index is 0.877. The fourth-order valence-corrected chi connectivity index (χ4v) is 9.16. The summed E-state index contributed by atoms with van der Waals surface area (Å²) in [7, 11) is -1.13. The van der Waals surface area contributed by atoms with Gasteiger partial charge in [-0.15, -0.1) is 0 Å². The minimum absolute atomic E-state index is 0.223. The van der Waals surface area contributed by atoms with Gasteiger partial charge < -0.3 is 35.5 Å². The lowest BCUT2D eigenvalue weighted by molar-refractivity contribution is -0.134. The number of rotatable bonds is 15. The van der Waals surface area contributed by atoms with Crippen molar-refractivity contribution in [2.75, 3.05) is 68.7 Å². The standard InChI is InChI=1S/C41H47BrFN10O4P/c1-57-35-23-27(5-8-32(35)50-41-48-24-30(42)39(52-41)49-34-10-9-33-37(47-19-18-46-33)38(34)58(2,3)56)53-20-13-26(14-21-53)45-17-16-44-15-12-25-4-6-28(31(43)22-25)29-7-11-36(54)51-40(29)55/h4-6,8-10,18-19,22-24,26,29,44-45H,7,11-17,20-21H2,1-3H3,(H,51,54,55)(H2,48,49,50,52). The first kappa shape index (κ1) is 41.2. The largest absolute Gasteiger partial charge is 0.494 e. The third kappa shape index (κ3) is 9.80. The molecule has 0 spiro atoms. The van der Waals surface area contributed by atoms with E-state index in [-0.39, 0.29) is 12.3 Å². The van der Waals surface area contributed by atoms with Crippen LogP contribution in [-0.4, -0.2) is 91.0 Å². The van der Waals surface area contributed by atoms with Gasteiger partial charge >= 0.3 is 0 Å². The first-order chi connectivity index (χ1) is 28.0. The highest BCUT2D eigenvalue weighted by molar-refractivity contribution is 9.10. The van der Waals surface area contributed by atoms with Crippen molar-refractivity contribution in [3.8, 4) is 5.75 Å². The number of amides is 2. The molecule has 14 nitrogen and oxygen atoms in total. The molecule has 5 N–H and O–H groups in total. The molecule has 2 fully saturated rings. The number of carbonyl (C=O) groups is 2. The van der Waals surface area contributed by atoms with Crippen molar-refractivity contribution in [2.24, 2.45) is 0 Å². The number of benzene rings is 3. The summed E-state index contributed by atoms with van der Waals surface area (Å²) in [4.78, 5) is 44.0. The lowest BCUT2D eigenvalue weighted by Gasteiger charge is -2.34. The van der Waals surface area contributed by atoms with Crippen molar-refractivity contribution >= 4 is 80.1 Å². The maximum absolute atomic E-state index is 14.8. The Morgan fingerprint density at radius 2 is 1.74 bits per heavy atom. The molecule has 2 aliphatic heterocycles. The minimum Gasteiger partial charge on any atom is -0.494 e. The van der Waals surface area contributed by atoms with Crippen LogP contribution in [-0.2, 0) is 20.6 Å². The number of halogens is 2. The number of nitrogens with one attached hydrogen (secondary N) is 5. The van der Waals surface area contributed by atoms with Gasteiger partial charge in [-0.2, -0.15) is 4.98 Å². The molecule has 4 heterocycles. The summed E-state index contributed by atoms with van der Waals surface area (Å²) in [6.07, 6.45) is 8.09. The fourth-order valence-electron chi connectivity index (χ4n) is 7.47. The number of methoxy groups -OCH3 is 1. The number of nitrogens with zero attached hydrogens (tertiary/aromatic N) is 5. The van der Waals surface area contributed by atoms with Crippen molar-refractivity contribution in [3.63, 3.8) is 0 Å². The van der Waals surface area contributed by atoms with Gasteiger partial charge in [-0.05, 0) is 97.4 Å². The molecule has 3 aromatic carbocycles. The molecule has 0 aliphatic carbocycles.